The van der Waals surface area contributed by atoms with E-state index >= 15 is 0 Å². The van der Waals surface area contributed by atoms with Crippen molar-refractivity contribution in [3.05, 3.63) is 57.6 Å². The Bertz CT molecular complexity index is 726. The van der Waals surface area contributed by atoms with Crippen LogP contribution in [0.1, 0.15) is 15.9 Å². The molecule has 2 rings (SSSR count). The Morgan fingerprint density at radius 3 is 2.55 bits per heavy atom. The van der Waals surface area contributed by atoms with Gasteiger partial charge >= 0.3 is 0 Å². The predicted molar refractivity (Wildman–Crippen MR) is 82.8 cm³/mol. The smallest absolute Gasteiger partial charge is 0.257 e. The van der Waals surface area contributed by atoms with Crippen LogP contribution in [0.3, 0.4) is 0 Å². The predicted octanol–water partition coefficient (Wildman–Crippen LogP) is 4.41. The third kappa shape index (κ3) is 3.26. The summed E-state index contributed by atoms with van der Waals surface area (Å²) in [7, 11) is 0. The van der Waals surface area contributed by atoms with Crippen molar-refractivity contribution in [3.63, 3.8) is 0 Å². The van der Waals surface area contributed by atoms with Gasteiger partial charge in [-0.3, -0.25) is 4.79 Å². The number of thiol groups is 1. The number of benzene rings is 2. The fourth-order valence-corrected chi connectivity index (χ4v) is 2.14. The minimum absolute atomic E-state index is 0.289. The second-order valence-electron chi connectivity index (χ2n) is 3.92. The standard InChI is InChI=1S/C14H8Cl2N2OS/c15-11-4-2-9(20)6-10(11)14(19)18-13-5-8(7-17)1-3-12(13)16/h1-6,20H,(H,18,19). The van der Waals surface area contributed by atoms with Crippen LogP contribution in [0.15, 0.2) is 41.3 Å². The molecule has 0 spiro atoms. The highest BCUT2D eigenvalue weighted by molar-refractivity contribution is 7.80. The van der Waals surface area contributed by atoms with E-state index in [1.165, 1.54) is 6.07 Å². The molecule has 0 saturated heterocycles. The van der Waals surface area contributed by atoms with Crippen LogP contribution in [0.2, 0.25) is 10.0 Å². The summed E-state index contributed by atoms with van der Waals surface area (Å²) in [5, 5.41) is 12.1. The van der Waals surface area contributed by atoms with E-state index in [2.05, 4.69) is 17.9 Å². The molecule has 3 nitrogen and oxygen atoms in total. The summed E-state index contributed by atoms with van der Waals surface area (Å²) in [6, 6.07) is 11.4. The molecule has 0 heterocycles. The normalized spacial score (nSPS) is 9.90. The third-order valence-electron chi connectivity index (χ3n) is 2.54. The maximum atomic E-state index is 12.2. The Hall–Kier alpha value is -1.67. The van der Waals surface area contributed by atoms with Crippen LogP contribution in [0, 0.1) is 11.3 Å². The number of amides is 1. The zero-order valence-corrected chi connectivity index (χ0v) is 12.4. The first-order valence-electron chi connectivity index (χ1n) is 5.51. The molecule has 6 heteroatoms. The Labute approximate surface area is 131 Å². The van der Waals surface area contributed by atoms with Crippen LogP contribution in [0.25, 0.3) is 0 Å². The molecule has 0 saturated carbocycles. The minimum atomic E-state index is -0.414. The van der Waals surface area contributed by atoms with Crippen LogP contribution >= 0.6 is 35.8 Å². The van der Waals surface area contributed by atoms with Crippen molar-refractivity contribution in [2.24, 2.45) is 0 Å². The van der Waals surface area contributed by atoms with Gasteiger partial charge in [0.1, 0.15) is 0 Å². The van der Waals surface area contributed by atoms with Crippen LogP contribution < -0.4 is 5.32 Å². The number of carbonyl (C=O) groups is 1. The highest BCUT2D eigenvalue weighted by Gasteiger charge is 2.13. The summed E-state index contributed by atoms with van der Waals surface area (Å²) in [4.78, 5) is 12.8. The lowest BCUT2D eigenvalue weighted by molar-refractivity contribution is 0.102. The molecule has 100 valence electrons. The third-order valence-corrected chi connectivity index (χ3v) is 3.48. The molecule has 0 radical (unpaired) electrons. The molecular formula is C14H8Cl2N2OS. The average Bonchev–Trinajstić information content (AvgIpc) is 2.43. The van der Waals surface area contributed by atoms with Crippen molar-refractivity contribution < 1.29 is 4.79 Å². The molecule has 1 N–H and O–H groups in total. The van der Waals surface area contributed by atoms with Crippen molar-refractivity contribution in [2.75, 3.05) is 5.32 Å². The number of nitriles is 1. The molecule has 0 aliphatic rings. The number of nitrogens with one attached hydrogen (secondary N) is 1. The monoisotopic (exact) mass is 322 g/mol. The van der Waals surface area contributed by atoms with Gasteiger partial charge in [-0.05, 0) is 36.4 Å². The second kappa shape index (κ2) is 6.19. The van der Waals surface area contributed by atoms with Crippen molar-refractivity contribution in [2.45, 2.75) is 4.90 Å². The highest BCUT2D eigenvalue weighted by atomic mass is 35.5. The van der Waals surface area contributed by atoms with Gasteiger partial charge in [0.25, 0.3) is 5.91 Å². The van der Waals surface area contributed by atoms with E-state index < -0.39 is 5.91 Å². The van der Waals surface area contributed by atoms with E-state index in [1.54, 1.807) is 30.3 Å². The first-order valence-corrected chi connectivity index (χ1v) is 6.71. The summed E-state index contributed by atoms with van der Waals surface area (Å²) >= 11 is 16.1. The average molecular weight is 323 g/mol. The van der Waals surface area contributed by atoms with Gasteiger partial charge < -0.3 is 5.32 Å². The first-order chi connectivity index (χ1) is 9.51. The second-order valence-corrected chi connectivity index (χ2v) is 5.26. The lowest BCUT2D eigenvalue weighted by atomic mass is 10.2. The largest absolute Gasteiger partial charge is 0.321 e. The van der Waals surface area contributed by atoms with Crippen molar-refractivity contribution in [1.29, 1.82) is 5.26 Å². The number of halogens is 2. The van der Waals surface area contributed by atoms with Crippen molar-refractivity contribution in [1.82, 2.24) is 0 Å². The molecule has 0 aromatic heterocycles. The maximum absolute atomic E-state index is 12.2. The molecule has 0 unspecified atom stereocenters. The maximum Gasteiger partial charge on any atom is 0.257 e. The Kier molecular flexibility index (Phi) is 4.56. The van der Waals surface area contributed by atoms with E-state index in [1.807, 2.05) is 6.07 Å². The lowest BCUT2D eigenvalue weighted by Crippen LogP contribution is -2.13. The van der Waals surface area contributed by atoms with Gasteiger partial charge in [-0.2, -0.15) is 5.26 Å². The number of anilines is 1. The Balaban J connectivity index is 2.33. The number of hydrogen-bond acceptors (Lipinski definition) is 3. The first kappa shape index (κ1) is 14.7. The van der Waals surface area contributed by atoms with E-state index in [-0.39, 0.29) is 5.56 Å². The number of nitrogens with zero attached hydrogens (tertiary/aromatic N) is 1. The van der Waals surface area contributed by atoms with E-state index in [4.69, 9.17) is 28.5 Å². The molecular weight excluding hydrogens is 315 g/mol. The van der Waals surface area contributed by atoms with Gasteiger partial charge in [-0.25, -0.2) is 0 Å². The van der Waals surface area contributed by atoms with E-state index in [0.717, 1.165) is 0 Å². The van der Waals surface area contributed by atoms with Crippen LogP contribution in [0.4, 0.5) is 5.69 Å². The van der Waals surface area contributed by atoms with Gasteiger partial charge in [0.15, 0.2) is 0 Å². The number of hydrogen-bond donors (Lipinski definition) is 2. The lowest BCUT2D eigenvalue weighted by Gasteiger charge is -2.09. The summed E-state index contributed by atoms with van der Waals surface area (Å²) in [5.74, 6) is -0.414. The SMILES string of the molecule is N#Cc1ccc(Cl)c(NC(=O)c2cc(S)ccc2Cl)c1. The highest BCUT2D eigenvalue weighted by Crippen LogP contribution is 2.25. The molecule has 2 aromatic carbocycles. The summed E-state index contributed by atoms with van der Waals surface area (Å²) < 4.78 is 0. The summed E-state index contributed by atoms with van der Waals surface area (Å²) in [6.45, 7) is 0. The molecule has 0 aliphatic heterocycles. The van der Waals surface area contributed by atoms with Crippen molar-refractivity contribution in [3.8, 4) is 6.07 Å². The van der Waals surface area contributed by atoms with Crippen molar-refractivity contribution >= 4 is 47.4 Å². The molecule has 0 fully saturated rings. The van der Waals surface area contributed by atoms with E-state index in [0.29, 0.717) is 26.2 Å². The van der Waals surface area contributed by atoms with Gasteiger partial charge in [-0.1, -0.05) is 23.2 Å². The fourth-order valence-electron chi connectivity index (χ4n) is 1.57. The zero-order chi connectivity index (χ0) is 14.7. The van der Waals surface area contributed by atoms with Crippen LogP contribution in [-0.4, -0.2) is 5.91 Å². The fraction of sp³-hybridized carbons (Fsp3) is 0. The van der Waals surface area contributed by atoms with Crippen LogP contribution in [0.5, 0.6) is 0 Å². The molecule has 20 heavy (non-hydrogen) atoms. The minimum Gasteiger partial charge on any atom is -0.321 e. The zero-order valence-electron chi connectivity index (χ0n) is 10.0. The number of carbonyl (C=O) groups excluding carboxylic acids is 1. The topological polar surface area (TPSA) is 52.9 Å². The summed E-state index contributed by atoms with van der Waals surface area (Å²) in [5.41, 5.74) is 1.05. The molecule has 0 bridgehead atoms. The van der Waals surface area contributed by atoms with Gasteiger partial charge in [0, 0.05) is 4.90 Å². The molecule has 0 aliphatic carbocycles. The Morgan fingerprint density at radius 1 is 1.15 bits per heavy atom. The summed E-state index contributed by atoms with van der Waals surface area (Å²) in [6.07, 6.45) is 0. The molecule has 1 amide bonds. The molecule has 0 atom stereocenters. The number of rotatable bonds is 2. The van der Waals surface area contributed by atoms with E-state index in [9.17, 15) is 4.79 Å². The van der Waals surface area contributed by atoms with Gasteiger partial charge in [0.2, 0.25) is 0 Å². The molecule has 2 aromatic rings. The quantitative estimate of drug-likeness (QED) is 0.805. The van der Waals surface area contributed by atoms with Gasteiger partial charge in [0.05, 0.1) is 32.9 Å². The van der Waals surface area contributed by atoms with Crippen LogP contribution in [-0.2, 0) is 0 Å². The Morgan fingerprint density at radius 2 is 1.85 bits per heavy atom. The van der Waals surface area contributed by atoms with Gasteiger partial charge in [-0.15, -0.1) is 12.6 Å².